The van der Waals surface area contributed by atoms with Crippen LogP contribution in [-0.4, -0.2) is 35.1 Å². The molecule has 0 spiro atoms. The van der Waals surface area contributed by atoms with Crippen molar-refractivity contribution in [3.05, 3.63) is 41.5 Å². The van der Waals surface area contributed by atoms with Crippen LogP contribution in [0.5, 0.6) is 0 Å². The van der Waals surface area contributed by atoms with Gasteiger partial charge in [-0.1, -0.05) is 12.1 Å². The smallest absolute Gasteiger partial charge is 0.744 e. The van der Waals surface area contributed by atoms with E-state index >= 15 is 0 Å². The van der Waals surface area contributed by atoms with Crippen molar-refractivity contribution in [2.45, 2.75) is 4.90 Å². The molecule has 0 aromatic heterocycles. The van der Waals surface area contributed by atoms with Crippen molar-refractivity contribution >= 4 is 32.7 Å². The average Bonchev–Trinajstić information content (AvgIpc) is 2.40. The molecule has 1 N–H and O–H groups in total. The van der Waals surface area contributed by atoms with Crippen LogP contribution in [0.15, 0.2) is 35.2 Å². The summed E-state index contributed by atoms with van der Waals surface area (Å²) in [7, 11) is -4.76. The first-order chi connectivity index (χ1) is 9.30. The van der Waals surface area contributed by atoms with Gasteiger partial charge in [-0.05, 0) is 23.6 Å². The van der Waals surface area contributed by atoms with Gasteiger partial charge in [-0.25, -0.2) is 8.42 Å². The summed E-state index contributed by atoms with van der Waals surface area (Å²) >= 11 is 0. The molecule has 0 radical (unpaired) electrons. The van der Waals surface area contributed by atoms with Crippen LogP contribution < -0.4 is 29.6 Å². The Hall–Kier alpha value is -1.29. The van der Waals surface area contributed by atoms with Gasteiger partial charge >= 0.3 is 29.6 Å². The summed E-state index contributed by atoms with van der Waals surface area (Å²) in [4.78, 5) is 23.0. The number of benzene rings is 2. The van der Waals surface area contributed by atoms with Crippen LogP contribution in [0, 0.1) is 0 Å². The molecule has 2 aromatic rings. The first-order valence-corrected chi connectivity index (χ1v) is 6.82. The van der Waals surface area contributed by atoms with Gasteiger partial charge < -0.3 is 4.55 Å². The number of hydrogen-bond donors (Lipinski definition) is 1. The van der Waals surface area contributed by atoms with E-state index in [9.17, 15) is 27.8 Å². The van der Waals surface area contributed by atoms with Crippen molar-refractivity contribution in [2.75, 3.05) is 0 Å². The predicted molar refractivity (Wildman–Crippen MR) is 64.2 cm³/mol. The molecule has 7 nitrogen and oxygen atoms in total. The Bertz CT molecular complexity index is 892. The Morgan fingerprint density at radius 2 is 1.67 bits per heavy atom. The molecule has 1 aliphatic heterocycles. The Kier molecular flexibility index (Phi) is 3.96. The van der Waals surface area contributed by atoms with E-state index in [2.05, 4.69) is 0 Å². The number of amides is 2. The van der Waals surface area contributed by atoms with Crippen LogP contribution in [0.3, 0.4) is 0 Å². The first kappa shape index (κ1) is 16.1. The van der Waals surface area contributed by atoms with E-state index in [1.54, 1.807) is 0 Å². The van der Waals surface area contributed by atoms with Gasteiger partial charge in [0.05, 0.1) is 16.0 Å². The number of hydrogen-bond acceptors (Lipinski definition) is 6. The fourth-order valence-electron chi connectivity index (χ4n) is 2.21. The van der Waals surface area contributed by atoms with Gasteiger partial charge in [-0.2, -0.15) is 0 Å². The van der Waals surface area contributed by atoms with Crippen LogP contribution in [0.4, 0.5) is 0 Å². The number of imide groups is 1. The van der Waals surface area contributed by atoms with Crippen molar-refractivity contribution in [3.8, 4) is 0 Å². The van der Waals surface area contributed by atoms with Gasteiger partial charge in [0.2, 0.25) is 0 Å². The quantitative estimate of drug-likeness (QED) is 0.275. The molecule has 0 saturated carbocycles. The van der Waals surface area contributed by atoms with E-state index in [-0.39, 0.29) is 56.5 Å². The molecule has 1 heterocycles. The summed E-state index contributed by atoms with van der Waals surface area (Å²) in [5.74, 6) is -1.96. The molecule has 2 amide bonds. The van der Waals surface area contributed by atoms with Gasteiger partial charge in [0.25, 0.3) is 11.8 Å². The number of carbonyl (C=O) groups excluding carboxylic acids is 2. The van der Waals surface area contributed by atoms with E-state index in [4.69, 9.17) is 0 Å². The maximum atomic E-state index is 11.9. The van der Waals surface area contributed by atoms with Gasteiger partial charge in [-0.3, -0.25) is 14.8 Å². The molecule has 3 rings (SSSR count). The van der Waals surface area contributed by atoms with Gasteiger partial charge in [0.1, 0.15) is 10.1 Å². The second-order valence-electron chi connectivity index (χ2n) is 4.25. The number of nitrogens with zero attached hydrogens (tertiary/aromatic N) is 1. The molecule has 9 heteroatoms. The maximum absolute atomic E-state index is 11.9. The van der Waals surface area contributed by atoms with Gasteiger partial charge in [0, 0.05) is 5.39 Å². The number of hydroxylamine groups is 2. The second-order valence-corrected chi connectivity index (χ2v) is 5.63. The molecule has 1 aliphatic rings. The van der Waals surface area contributed by atoms with Crippen LogP contribution >= 0.6 is 0 Å². The Labute approximate surface area is 141 Å². The summed E-state index contributed by atoms with van der Waals surface area (Å²) in [5, 5.41) is 9.84. The normalized spacial score (nSPS) is 14.3. The van der Waals surface area contributed by atoms with Crippen LogP contribution in [0.1, 0.15) is 20.7 Å². The molecule has 0 aliphatic carbocycles. The number of rotatable bonds is 1. The van der Waals surface area contributed by atoms with E-state index in [0.29, 0.717) is 0 Å². The zero-order valence-electron chi connectivity index (χ0n) is 10.7. The molecule has 21 heavy (non-hydrogen) atoms. The van der Waals surface area contributed by atoms with E-state index < -0.39 is 26.8 Å². The minimum absolute atomic E-state index is 0. The Morgan fingerprint density at radius 1 is 1.05 bits per heavy atom. The summed E-state index contributed by atoms with van der Waals surface area (Å²) < 4.78 is 33.3. The molecular formula is C12H6NNaO6S. The fraction of sp³-hybridized carbons (Fsp3) is 0. The largest absolute Gasteiger partial charge is 1.00 e. The zero-order chi connectivity index (χ0) is 14.7. The average molecular weight is 315 g/mol. The van der Waals surface area contributed by atoms with E-state index in [1.807, 2.05) is 0 Å². The standard InChI is InChI=1S/C12H7NO6S.Na/c14-11-8-3-1-2-6-4-7(20(17,18)19)5-9(10(6)8)12(15)13(11)16;/h1-5,16H,(H,17,18,19);/q;+1/p-1. The summed E-state index contributed by atoms with van der Waals surface area (Å²) in [6, 6.07) is 6.30. The van der Waals surface area contributed by atoms with Crippen molar-refractivity contribution in [2.24, 2.45) is 0 Å². The van der Waals surface area contributed by atoms with E-state index in [1.165, 1.54) is 18.2 Å². The monoisotopic (exact) mass is 315 g/mol. The maximum Gasteiger partial charge on any atom is 1.00 e. The first-order valence-electron chi connectivity index (χ1n) is 5.41. The summed E-state index contributed by atoms with van der Waals surface area (Å²) in [5.41, 5.74) is -0.135. The van der Waals surface area contributed by atoms with Crippen molar-refractivity contribution in [1.29, 1.82) is 0 Å². The molecule has 0 saturated heterocycles. The van der Waals surface area contributed by atoms with Crippen molar-refractivity contribution in [3.63, 3.8) is 0 Å². The summed E-state index contributed by atoms with van der Waals surface area (Å²) in [6.45, 7) is 0. The Morgan fingerprint density at radius 3 is 2.29 bits per heavy atom. The molecule has 0 bridgehead atoms. The molecule has 102 valence electrons. The third-order valence-electron chi connectivity index (χ3n) is 3.08. The topological polar surface area (TPSA) is 115 Å². The third kappa shape index (κ3) is 2.39. The van der Waals surface area contributed by atoms with Crippen LogP contribution in [-0.2, 0) is 10.1 Å². The molecule has 0 fully saturated rings. The molecule has 0 unspecified atom stereocenters. The van der Waals surface area contributed by atoms with Gasteiger partial charge in [0.15, 0.2) is 0 Å². The predicted octanol–water partition coefficient (Wildman–Crippen LogP) is -2.27. The molecule has 0 atom stereocenters. The minimum Gasteiger partial charge on any atom is -0.744 e. The minimum atomic E-state index is -4.76. The molecule has 2 aromatic carbocycles. The summed E-state index contributed by atoms with van der Waals surface area (Å²) in [6.07, 6.45) is 0. The van der Waals surface area contributed by atoms with Gasteiger partial charge in [-0.15, -0.1) is 5.06 Å². The van der Waals surface area contributed by atoms with Crippen LogP contribution in [0.25, 0.3) is 10.8 Å². The van der Waals surface area contributed by atoms with Crippen molar-refractivity contribution < 1.29 is 57.3 Å². The van der Waals surface area contributed by atoms with E-state index in [0.717, 1.165) is 12.1 Å². The second kappa shape index (κ2) is 5.16. The third-order valence-corrected chi connectivity index (χ3v) is 3.90. The van der Waals surface area contributed by atoms with Crippen LogP contribution in [0.2, 0.25) is 0 Å². The Balaban J connectivity index is 0.00000161. The SMILES string of the molecule is O=C1c2cccc3cc(S(=O)(=O)[O-])cc(c23)C(=O)N1O.[Na+]. The fourth-order valence-corrected chi connectivity index (χ4v) is 2.75. The van der Waals surface area contributed by atoms with Crippen molar-refractivity contribution in [1.82, 2.24) is 5.06 Å². The number of carbonyl (C=O) groups is 2. The molecular weight excluding hydrogens is 309 g/mol. The zero-order valence-corrected chi connectivity index (χ0v) is 13.5.